The summed E-state index contributed by atoms with van der Waals surface area (Å²) in [6.07, 6.45) is 0.278. The fraction of sp³-hybridized carbons (Fsp3) is 0.846. The van der Waals surface area contributed by atoms with E-state index in [1.54, 1.807) is 0 Å². The Balaban J connectivity index is 2.06. The number of aliphatic hydroxyl groups is 2. The van der Waals surface area contributed by atoms with Crippen molar-refractivity contribution in [2.24, 2.45) is 5.92 Å². The van der Waals surface area contributed by atoms with Gasteiger partial charge in [0.15, 0.2) is 0 Å². The van der Waals surface area contributed by atoms with E-state index in [-0.39, 0.29) is 13.1 Å². The van der Waals surface area contributed by atoms with E-state index in [0.717, 1.165) is 12.8 Å². The Morgan fingerprint density at radius 3 is 2.30 bits per heavy atom. The van der Waals surface area contributed by atoms with E-state index in [1.807, 2.05) is 6.92 Å². The van der Waals surface area contributed by atoms with Crippen molar-refractivity contribution >= 4 is 12.0 Å². The number of aliphatic hydroxyl groups excluding tert-OH is 2. The van der Waals surface area contributed by atoms with Crippen LogP contribution in [0, 0.1) is 5.92 Å². The Bertz CT molecular complexity index is 379. The SMILES string of the molecule is CCC1CCN(C(=O)N2CC(O)C(O)C2)C(C(=O)O)C1. The molecule has 0 saturated carbocycles. The van der Waals surface area contributed by atoms with Crippen molar-refractivity contribution in [3.05, 3.63) is 0 Å². The predicted octanol–water partition coefficient (Wildman–Crippen LogP) is -0.281. The average molecular weight is 286 g/mol. The van der Waals surface area contributed by atoms with Crippen LogP contribution < -0.4 is 0 Å². The van der Waals surface area contributed by atoms with Crippen LogP contribution in [-0.2, 0) is 4.79 Å². The minimum absolute atomic E-state index is 0.0556. The molecule has 4 unspecified atom stereocenters. The molecule has 0 spiro atoms. The summed E-state index contributed by atoms with van der Waals surface area (Å²) in [6, 6.07) is -1.21. The van der Waals surface area contributed by atoms with Crippen molar-refractivity contribution in [3.8, 4) is 0 Å². The first-order valence-electron chi connectivity index (χ1n) is 7.08. The van der Waals surface area contributed by atoms with Gasteiger partial charge in [0.05, 0.1) is 25.3 Å². The number of carbonyl (C=O) groups is 2. The zero-order valence-corrected chi connectivity index (χ0v) is 11.6. The van der Waals surface area contributed by atoms with Gasteiger partial charge in [-0.25, -0.2) is 9.59 Å². The van der Waals surface area contributed by atoms with E-state index in [1.165, 1.54) is 9.80 Å². The first-order chi connectivity index (χ1) is 9.43. The summed E-state index contributed by atoms with van der Waals surface area (Å²) in [5.41, 5.74) is 0. The third-order valence-corrected chi connectivity index (χ3v) is 4.35. The van der Waals surface area contributed by atoms with Gasteiger partial charge in [-0.05, 0) is 18.8 Å². The minimum atomic E-state index is -0.989. The number of rotatable bonds is 2. The van der Waals surface area contributed by atoms with Crippen LogP contribution in [0.2, 0.25) is 0 Å². The van der Waals surface area contributed by atoms with Crippen LogP contribution in [0.1, 0.15) is 26.2 Å². The van der Waals surface area contributed by atoms with E-state index >= 15 is 0 Å². The van der Waals surface area contributed by atoms with Crippen LogP contribution >= 0.6 is 0 Å². The lowest BCUT2D eigenvalue weighted by Gasteiger charge is -2.38. The summed E-state index contributed by atoms with van der Waals surface area (Å²) < 4.78 is 0. The molecule has 0 aliphatic carbocycles. The van der Waals surface area contributed by atoms with Gasteiger partial charge in [-0.15, -0.1) is 0 Å². The molecule has 0 aromatic carbocycles. The van der Waals surface area contributed by atoms with Crippen LogP contribution in [0.4, 0.5) is 4.79 Å². The highest BCUT2D eigenvalue weighted by Crippen LogP contribution is 2.27. The fourth-order valence-electron chi connectivity index (χ4n) is 2.98. The third kappa shape index (κ3) is 2.88. The Labute approximate surface area is 117 Å². The number of carbonyl (C=O) groups excluding carboxylic acids is 1. The second-order valence-corrected chi connectivity index (χ2v) is 5.67. The number of carboxylic acids is 1. The Hall–Kier alpha value is -1.34. The highest BCUT2D eigenvalue weighted by atomic mass is 16.4. The largest absolute Gasteiger partial charge is 0.480 e. The molecule has 2 fully saturated rings. The summed E-state index contributed by atoms with van der Waals surface area (Å²) in [5.74, 6) is -0.660. The molecule has 7 heteroatoms. The van der Waals surface area contributed by atoms with E-state index in [9.17, 15) is 24.9 Å². The van der Waals surface area contributed by atoms with Crippen molar-refractivity contribution in [1.82, 2.24) is 9.80 Å². The molecule has 4 atom stereocenters. The number of carboxylic acid groups (broad SMARTS) is 1. The second kappa shape index (κ2) is 5.97. The molecule has 2 amide bonds. The van der Waals surface area contributed by atoms with Gasteiger partial charge in [0.2, 0.25) is 0 Å². The summed E-state index contributed by atoms with van der Waals surface area (Å²) >= 11 is 0. The number of likely N-dealkylation sites (tertiary alicyclic amines) is 2. The monoisotopic (exact) mass is 286 g/mol. The number of hydrogen-bond donors (Lipinski definition) is 3. The fourth-order valence-corrected chi connectivity index (χ4v) is 2.98. The summed E-state index contributed by atoms with van der Waals surface area (Å²) in [7, 11) is 0. The third-order valence-electron chi connectivity index (χ3n) is 4.35. The number of urea groups is 1. The molecule has 2 rings (SSSR count). The van der Waals surface area contributed by atoms with Crippen molar-refractivity contribution in [2.75, 3.05) is 19.6 Å². The number of aliphatic carboxylic acids is 1. The molecule has 7 nitrogen and oxygen atoms in total. The van der Waals surface area contributed by atoms with E-state index in [2.05, 4.69) is 0 Å². The van der Waals surface area contributed by atoms with E-state index in [4.69, 9.17) is 0 Å². The highest BCUT2D eigenvalue weighted by Gasteiger charge is 2.40. The van der Waals surface area contributed by atoms with Gasteiger partial charge in [0.1, 0.15) is 6.04 Å². The van der Waals surface area contributed by atoms with Crippen molar-refractivity contribution in [3.63, 3.8) is 0 Å². The molecule has 2 saturated heterocycles. The minimum Gasteiger partial charge on any atom is -0.480 e. The molecular formula is C13H22N2O5. The molecule has 2 aliphatic heterocycles. The number of piperidine rings is 1. The van der Waals surface area contributed by atoms with E-state index in [0.29, 0.717) is 18.9 Å². The van der Waals surface area contributed by atoms with Crippen LogP contribution in [0.25, 0.3) is 0 Å². The quantitative estimate of drug-likeness (QED) is 0.648. The average Bonchev–Trinajstić information content (AvgIpc) is 2.77. The molecule has 20 heavy (non-hydrogen) atoms. The molecule has 2 aliphatic rings. The number of amides is 2. The number of β-amino-alcohol motifs (C(OH)–C–C–N with tert-alkyl or cyclic N) is 2. The molecule has 3 N–H and O–H groups in total. The van der Waals surface area contributed by atoms with Crippen molar-refractivity contribution in [2.45, 2.75) is 44.4 Å². The van der Waals surface area contributed by atoms with Gasteiger partial charge in [-0.2, -0.15) is 0 Å². The maximum absolute atomic E-state index is 12.4. The predicted molar refractivity (Wildman–Crippen MR) is 70.1 cm³/mol. The van der Waals surface area contributed by atoms with E-state index < -0.39 is 30.3 Å². The molecule has 2 heterocycles. The topological polar surface area (TPSA) is 101 Å². The first kappa shape index (κ1) is 15.1. The Morgan fingerprint density at radius 1 is 1.20 bits per heavy atom. The van der Waals surface area contributed by atoms with Gasteiger partial charge < -0.3 is 25.1 Å². The Morgan fingerprint density at radius 2 is 1.80 bits per heavy atom. The van der Waals surface area contributed by atoms with Gasteiger partial charge in [-0.3, -0.25) is 0 Å². The molecular weight excluding hydrogens is 264 g/mol. The van der Waals surface area contributed by atoms with Crippen LogP contribution in [0.5, 0.6) is 0 Å². The lowest BCUT2D eigenvalue weighted by atomic mass is 9.89. The van der Waals surface area contributed by atoms with Crippen molar-refractivity contribution < 1.29 is 24.9 Å². The molecule has 0 aromatic rings. The second-order valence-electron chi connectivity index (χ2n) is 5.67. The highest BCUT2D eigenvalue weighted by molar-refractivity contribution is 5.83. The van der Waals surface area contributed by atoms with Crippen molar-refractivity contribution in [1.29, 1.82) is 0 Å². The lowest BCUT2D eigenvalue weighted by molar-refractivity contribution is -0.144. The summed E-state index contributed by atoms with van der Waals surface area (Å²) in [5, 5.41) is 28.3. The van der Waals surface area contributed by atoms with Crippen LogP contribution in [0.3, 0.4) is 0 Å². The maximum Gasteiger partial charge on any atom is 0.326 e. The molecule has 0 bridgehead atoms. The Kier molecular flexibility index (Phi) is 4.49. The standard InChI is InChI=1S/C13H22N2O5/c1-2-8-3-4-15(9(5-8)12(18)19)13(20)14-6-10(16)11(17)7-14/h8-11,16-17H,2-7H2,1H3,(H,18,19). The number of nitrogens with zero attached hydrogens (tertiary/aromatic N) is 2. The van der Waals surface area contributed by atoms with Crippen LogP contribution in [0.15, 0.2) is 0 Å². The number of hydrogen-bond acceptors (Lipinski definition) is 4. The zero-order chi connectivity index (χ0) is 14.9. The lowest BCUT2D eigenvalue weighted by Crippen LogP contribution is -2.54. The maximum atomic E-state index is 12.4. The van der Waals surface area contributed by atoms with Gasteiger partial charge in [0, 0.05) is 6.54 Å². The van der Waals surface area contributed by atoms with Gasteiger partial charge in [0.25, 0.3) is 0 Å². The zero-order valence-electron chi connectivity index (χ0n) is 11.6. The van der Waals surface area contributed by atoms with Gasteiger partial charge in [-0.1, -0.05) is 13.3 Å². The van der Waals surface area contributed by atoms with Crippen LogP contribution in [-0.4, -0.2) is 75.0 Å². The molecule has 114 valence electrons. The smallest absolute Gasteiger partial charge is 0.326 e. The summed E-state index contributed by atoms with van der Waals surface area (Å²) in [6.45, 7) is 2.55. The van der Waals surface area contributed by atoms with Gasteiger partial charge >= 0.3 is 12.0 Å². The first-order valence-corrected chi connectivity index (χ1v) is 7.08. The summed E-state index contributed by atoms with van der Waals surface area (Å²) in [4.78, 5) is 26.4. The molecule has 0 aromatic heterocycles. The molecule has 0 radical (unpaired) electrons. The normalized spacial score (nSPS) is 34.4.